The van der Waals surface area contributed by atoms with Crippen LogP contribution in [0.5, 0.6) is 5.75 Å². The molecule has 0 radical (unpaired) electrons. The molecule has 0 saturated carbocycles. The highest BCUT2D eigenvalue weighted by molar-refractivity contribution is 5.97. The van der Waals surface area contributed by atoms with Crippen molar-refractivity contribution < 1.29 is 36.6 Å². The minimum absolute atomic E-state index is 0.0237. The predicted octanol–water partition coefficient (Wildman–Crippen LogP) is 3.84. The number of amides is 2. The monoisotopic (exact) mass is 506 g/mol. The Morgan fingerprint density at radius 1 is 1.22 bits per heavy atom. The molecule has 1 fully saturated rings. The van der Waals surface area contributed by atoms with Crippen LogP contribution >= 0.6 is 0 Å². The minimum Gasteiger partial charge on any atom is -0.494 e. The molecule has 1 aliphatic rings. The number of anilines is 1. The first-order chi connectivity index (χ1) is 17.1. The highest BCUT2D eigenvalue weighted by atomic mass is 19.4. The summed E-state index contributed by atoms with van der Waals surface area (Å²) in [7, 11) is 1.32. The van der Waals surface area contributed by atoms with Crippen LogP contribution in [-0.2, 0) is 20.9 Å². The highest BCUT2D eigenvalue weighted by Crippen LogP contribution is 2.31. The third-order valence-corrected chi connectivity index (χ3v) is 5.46. The van der Waals surface area contributed by atoms with Crippen LogP contribution in [0.4, 0.5) is 23.4 Å². The van der Waals surface area contributed by atoms with Gasteiger partial charge in [0.15, 0.2) is 17.4 Å². The molecule has 1 saturated heterocycles. The number of hydrogen-bond acceptors (Lipinski definition) is 5. The van der Waals surface area contributed by atoms with E-state index in [9.17, 15) is 22.8 Å². The van der Waals surface area contributed by atoms with E-state index in [1.165, 1.54) is 30.0 Å². The minimum atomic E-state index is -4.45. The molecule has 0 bridgehead atoms. The molecule has 190 valence electrons. The Hall–Kier alpha value is -3.93. The molecule has 12 heteroatoms. The molecule has 3 aromatic rings. The van der Waals surface area contributed by atoms with E-state index in [1.54, 1.807) is 30.3 Å². The lowest BCUT2D eigenvalue weighted by Gasteiger charge is -2.12. The summed E-state index contributed by atoms with van der Waals surface area (Å²) in [5.41, 5.74) is 1.34. The van der Waals surface area contributed by atoms with E-state index >= 15 is 4.39 Å². The fraction of sp³-hybridized carbons (Fsp3) is 0.292. The molecule has 2 amide bonds. The lowest BCUT2D eigenvalue weighted by molar-refractivity contribution is -0.176. The van der Waals surface area contributed by atoms with Crippen LogP contribution in [0.1, 0.15) is 12.0 Å². The largest absolute Gasteiger partial charge is 0.494 e. The summed E-state index contributed by atoms with van der Waals surface area (Å²) in [6, 6.07) is 12.5. The number of nitrogens with one attached hydrogen (secondary N) is 2. The van der Waals surface area contributed by atoms with Crippen molar-refractivity contribution in [1.29, 1.82) is 0 Å². The molecule has 2 heterocycles. The van der Waals surface area contributed by atoms with Gasteiger partial charge in [0, 0.05) is 24.6 Å². The molecular weight excluding hydrogens is 484 g/mol. The average molecular weight is 506 g/mol. The normalized spacial score (nSPS) is 15.6. The Balaban J connectivity index is 1.69. The van der Waals surface area contributed by atoms with E-state index in [-0.39, 0.29) is 42.7 Å². The van der Waals surface area contributed by atoms with Gasteiger partial charge in [0.2, 0.25) is 11.8 Å². The smallest absolute Gasteiger partial charge is 0.411 e. The van der Waals surface area contributed by atoms with Gasteiger partial charge in [-0.15, -0.1) is 5.10 Å². The molecule has 4 rings (SSSR count). The van der Waals surface area contributed by atoms with E-state index in [0.29, 0.717) is 16.8 Å². The molecular formula is C24H22F4N4O4. The third kappa shape index (κ3) is 5.82. The van der Waals surface area contributed by atoms with Gasteiger partial charge in [0.05, 0.1) is 25.3 Å². The number of nitrogens with zero attached hydrogens (tertiary/aromatic N) is 2. The van der Waals surface area contributed by atoms with Gasteiger partial charge in [-0.25, -0.2) is 9.07 Å². The number of benzene rings is 2. The van der Waals surface area contributed by atoms with Crippen LogP contribution in [0.25, 0.3) is 16.9 Å². The van der Waals surface area contributed by atoms with Crippen LogP contribution in [-0.4, -0.2) is 48.0 Å². The first-order valence-corrected chi connectivity index (χ1v) is 10.9. The SMILES string of the molecule is COc1cccc(-n2nc(NC(=O)[C@@H]3CNC(=O)C3)cc2-c2cccc(COCC(F)(F)F)c2)c1F. The van der Waals surface area contributed by atoms with Gasteiger partial charge in [0.1, 0.15) is 12.3 Å². The van der Waals surface area contributed by atoms with Gasteiger partial charge in [0.25, 0.3) is 0 Å². The summed E-state index contributed by atoms with van der Waals surface area (Å²) >= 11 is 0. The second kappa shape index (κ2) is 10.4. The van der Waals surface area contributed by atoms with Crippen LogP contribution in [0, 0.1) is 11.7 Å². The Morgan fingerprint density at radius 3 is 2.69 bits per heavy atom. The van der Waals surface area contributed by atoms with Crippen LogP contribution < -0.4 is 15.4 Å². The number of halogens is 4. The molecule has 1 aliphatic heterocycles. The quantitative estimate of drug-likeness (QED) is 0.453. The predicted molar refractivity (Wildman–Crippen MR) is 121 cm³/mol. The molecule has 36 heavy (non-hydrogen) atoms. The summed E-state index contributed by atoms with van der Waals surface area (Å²) in [6.07, 6.45) is -4.41. The summed E-state index contributed by atoms with van der Waals surface area (Å²) in [4.78, 5) is 24.1. The van der Waals surface area contributed by atoms with E-state index in [4.69, 9.17) is 9.47 Å². The van der Waals surface area contributed by atoms with Gasteiger partial charge in [-0.2, -0.15) is 13.2 Å². The van der Waals surface area contributed by atoms with Crippen molar-refractivity contribution in [3.05, 3.63) is 59.9 Å². The van der Waals surface area contributed by atoms with Crippen molar-refractivity contribution in [3.8, 4) is 22.7 Å². The number of methoxy groups -OCH3 is 1. The molecule has 8 nitrogen and oxygen atoms in total. The van der Waals surface area contributed by atoms with Crippen molar-refractivity contribution in [2.24, 2.45) is 5.92 Å². The summed E-state index contributed by atoms with van der Waals surface area (Å²) < 4.78 is 63.5. The maximum absolute atomic E-state index is 15.1. The topological polar surface area (TPSA) is 94.5 Å². The molecule has 2 N–H and O–H groups in total. The van der Waals surface area contributed by atoms with Crippen molar-refractivity contribution in [2.45, 2.75) is 19.2 Å². The van der Waals surface area contributed by atoms with Crippen LogP contribution in [0.2, 0.25) is 0 Å². The molecule has 0 unspecified atom stereocenters. The Labute approximate surface area is 203 Å². The van der Waals surface area contributed by atoms with E-state index < -0.39 is 30.4 Å². The molecule has 2 aromatic carbocycles. The molecule has 0 aliphatic carbocycles. The molecule has 1 aromatic heterocycles. The van der Waals surface area contributed by atoms with Gasteiger partial charge in [-0.05, 0) is 23.8 Å². The number of carbonyl (C=O) groups excluding carboxylic acids is 2. The highest BCUT2D eigenvalue weighted by Gasteiger charge is 2.29. The first-order valence-electron chi connectivity index (χ1n) is 10.9. The van der Waals surface area contributed by atoms with Crippen molar-refractivity contribution >= 4 is 17.6 Å². The summed E-state index contributed by atoms with van der Waals surface area (Å²) in [5, 5.41) is 9.59. The molecule has 1 atom stereocenters. The Bertz CT molecular complexity index is 1280. The zero-order chi connectivity index (χ0) is 25.9. The van der Waals surface area contributed by atoms with Crippen molar-refractivity contribution in [2.75, 3.05) is 25.6 Å². The van der Waals surface area contributed by atoms with Gasteiger partial charge < -0.3 is 20.1 Å². The van der Waals surface area contributed by atoms with E-state index in [1.807, 2.05) is 0 Å². The average Bonchev–Trinajstić information content (AvgIpc) is 3.45. The second-order valence-corrected chi connectivity index (χ2v) is 8.12. The second-order valence-electron chi connectivity index (χ2n) is 8.12. The van der Waals surface area contributed by atoms with Gasteiger partial charge in [-0.3, -0.25) is 9.59 Å². The lowest BCUT2D eigenvalue weighted by atomic mass is 10.1. The Kier molecular flexibility index (Phi) is 7.25. The maximum Gasteiger partial charge on any atom is 0.411 e. The number of carbonyl (C=O) groups is 2. The summed E-state index contributed by atoms with van der Waals surface area (Å²) in [5.74, 6) is -1.85. The summed E-state index contributed by atoms with van der Waals surface area (Å²) in [6.45, 7) is -1.48. The number of aromatic nitrogens is 2. The first kappa shape index (κ1) is 25.2. The number of rotatable bonds is 8. The zero-order valence-corrected chi connectivity index (χ0v) is 19.1. The maximum atomic E-state index is 15.1. The fourth-order valence-corrected chi connectivity index (χ4v) is 3.78. The lowest BCUT2D eigenvalue weighted by Crippen LogP contribution is -2.24. The number of ether oxygens (including phenoxy) is 2. The van der Waals surface area contributed by atoms with Crippen molar-refractivity contribution in [1.82, 2.24) is 15.1 Å². The Morgan fingerprint density at radius 2 is 2.00 bits per heavy atom. The zero-order valence-electron chi connectivity index (χ0n) is 19.1. The van der Waals surface area contributed by atoms with Crippen LogP contribution in [0.15, 0.2) is 48.5 Å². The van der Waals surface area contributed by atoms with E-state index in [0.717, 1.165) is 0 Å². The van der Waals surface area contributed by atoms with E-state index in [2.05, 4.69) is 15.7 Å². The van der Waals surface area contributed by atoms with Crippen LogP contribution in [0.3, 0.4) is 0 Å². The third-order valence-electron chi connectivity index (χ3n) is 5.46. The van der Waals surface area contributed by atoms with Gasteiger partial charge >= 0.3 is 6.18 Å². The molecule has 0 spiro atoms. The van der Waals surface area contributed by atoms with Gasteiger partial charge in [-0.1, -0.05) is 24.3 Å². The number of hydrogen-bond donors (Lipinski definition) is 2. The fourth-order valence-electron chi connectivity index (χ4n) is 3.78. The van der Waals surface area contributed by atoms with Crippen molar-refractivity contribution in [3.63, 3.8) is 0 Å². The standard InChI is InChI=1S/C24H22F4N4O4/c1-35-19-7-3-6-17(22(19)25)32-18(10-20(31-32)30-23(34)16-9-21(33)29-11-16)15-5-2-4-14(8-15)12-36-13-24(26,27)28/h2-8,10,16H,9,11-13H2,1H3,(H,29,33)(H,30,31,34)/t16-/m0/s1. The number of alkyl halides is 3.